The van der Waals surface area contributed by atoms with E-state index in [1.807, 2.05) is 0 Å². The number of likely N-dealkylation sites (N-methyl/N-ethyl adjacent to an activating group) is 1. The van der Waals surface area contributed by atoms with E-state index in [0.717, 1.165) is 0 Å². The van der Waals surface area contributed by atoms with Crippen molar-refractivity contribution in [3.05, 3.63) is 65.7 Å². The Balaban J connectivity index is 1.54. The average molecular weight is 515 g/mol. The fourth-order valence-electron chi connectivity index (χ4n) is 3.41. The van der Waals surface area contributed by atoms with Crippen molar-refractivity contribution in [1.29, 1.82) is 0 Å². The molecule has 0 aliphatic heterocycles. The molecule has 10 nitrogen and oxygen atoms in total. The average Bonchev–Trinajstić information content (AvgIpc) is 3.55. The third kappa shape index (κ3) is 5.67. The summed E-state index contributed by atoms with van der Waals surface area (Å²) in [5.74, 6) is -2.20. The molecule has 0 radical (unpaired) electrons. The van der Waals surface area contributed by atoms with Gasteiger partial charge in [0.2, 0.25) is 11.7 Å². The Labute approximate surface area is 207 Å². The van der Waals surface area contributed by atoms with Crippen molar-refractivity contribution in [3.8, 4) is 34.3 Å². The Bertz CT molecular complexity index is 1380. The molecule has 2 heterocycles. The molecule has 2 amide bonds. The number of rotatable bonds is 8. The van der Waals surface area contributed by atoms with Crippen LogP contribution in [0.4, 0.5) is 13.2 Å². The lowest BCUT2D eigenvalue weighted by molar-refractivity contribution is -0.137. The topological polar surface area (TPSA) is 143 Å². The molecule has 0 spiro atoms. The van der Waals surface area contributed by atoms with Crippen LogP contribution in [0.5, 0.6) is 0 Å². The van der Waals surface area contributed by atoms with Crippen LogP contribution < -0.4 is 10.6 Å². The summed E-state index contributed by atoms with van der Waals surface area (Å²) in [5.41, 5.74) is -1.07. The van der Waals surface area contributed by atoms with Gasteiger partial charge in [0.05, 0.1) is 6.54 Å². The number of halogens is 3. The van der Waals surface area contributed by atoms with Crippen molar-refractivity contribution in [2.24, 2.45) is 0 Å². The molecule has 4 aromatic rings. The van der Waals surface area contributed by atoms with Crippen LogP contribution in [-0.4, -0.2) is 45.3 Å². The summed E-state index contributed by atoms with van der Waals surface area (Å²) in [6.07, 6.45) is -6.37. The number of benzene rings is 2. The second-order valence-electron chi connectivity index (χ2n) is 7.72. The minimum Gasteiger partial charge on any atom is -0.378 e. The number of hydrogen-bond acceptors (Lipinski definition) is 8. The first kappa shape index (κ1) is 25.6. The molecule has 1 atom stereocenters. The predicted octanol–water partition coefficient (Wildman–Crippen LogP) is 3.36. The summed E-state index contributed by atoms with van der Waals surface area (Å²) < 4.78 is 51.7. The van der Waals surface area contributed by atoms with E-state index < -0.39 is 47.0 Å². The zero-order valence-corrected chi connectivity index (χ0v) is 19.2. The summed E-state index contributed by atoms with van der Waals surface area (Å²) in [4.78, 5) is 27.6. The van der Waals surface area contributed by atoms with Crippen molar-refractivity contribution >= 4 is 11.8 Å². The quantitative estimate of drug-likeness (QED) is 0.324. The Morgan fingerprint density at radius 1 is 0.973 bits per heavy atom. The second-order valence-corrected chi connectivity index (χ2v) is 7.72. The van der Waals surface area contributed by atoms with Gasteiger partial charge in [0.1, 0.15) is 5.56 Å². The van der Waals surface area contributed by atoms with Gasteiger partial charge in [-0.05, 0) is 12.5 Å². The smallest absolute Gasteiger partial charge is 0.378 e. The minimum atomic E-state index is -4.81. The number of carbonyl (C=O) groups excluding carboxylic acids is 2. The predicted molar refractivity (Wildman–Crippen MR) is 122 cm³/mol. The highest BCUT2D eigenvalue weighted by molar-refractivity contribution is 5.87. The molecule has 4 rings (SSSR count). The van der Waals surface area contributed by atoms with Crippen LogP contribution in [0.3, 0.4) is 0 Å². The molecule has 0 fully saturated rings. The molecule has 3 N–H and O–H groups in total. The SMILES string of the molecule is CCNC(=O)CNC(=O)C(O)c1ccc(-c2noc(-c3noc(-c4ccccc4)c3C(F)(F)F)n2)cc1. The van der Waals surface area contributed by atoms with Crippen LogP contribution in [0.2, 0.25) is 0 Å². The maximum atomic E-state index is 13.9. The highest BCUT2D eigenvalue weighted by Crippen LogP contribution is 2.43. The summed E-state index contributed by atoms with van der Waals surface area (Å²) in [7, 11) is 0. The van der Waals surface area contributed by atoms with Crippen LogP contribution in [0.1, 0.15) is 24.2 Å². The number of aliphatic hydroxyl groups excluding tert-OH is 1. The molecule has 192 valence electrons. The van der Waals surface area contributed by atoms with E-state index in [9.17, 15) is 27.9 Å². The van der Waals surface area contributed by atoms with E-state index in [-0.39, 0.29) is 23.5 Å². The van der Waals surface area contributed by atoms with E-state index in [4.69, 9.17) is 9.05 Å². The number of carbonyl (C=O) groups is 2. The van der Waals surface area contributed by atoms with Gasteiger partial charge in [-0.3, -0.25) is 9.59 Å². The lowest BCUT2D eigenvalue weighted by Gasteiger charge is -2.11. The van der Waals surface area contributed by atoms with Gasteiger partial charge in [-0.1, -0.05) is 64.9 Å². The van der Waals surface area contributed by atoms with Gasteiger partial charge in [-0.2, -0.15) is 18.2 Å². The molecular weight excluding hydrogens is 495 g/mol. The Hall–Kier alpha value is -4.52. The van der Waals surface area contributed by atoms with Gasteiger partial charge in [0.15, 0.2) is 17.6 Å². The third-order valence-electron chi connectivity index (χ3n) is 5.17. The van der Waals surface area contributed by atoms with Crippen molar-refractivity contribution in [2.75, 3.05) is 13.1 Å². The molecule has 0 bridgehead atoms. The van der Waals surface area contributed by atoms with E-state index in [1.165, 1.54) is 36.4 Å². The Morgan fingerprint density at radius 2 is 1.68 bits per heavy atom. The zero-order valence-electron chi connectivity index (χ0n) is 19.2. The molecule has 2 aromatic carbocycles. The first-order valence-electron chi connectivity index (χ1n) is 11.0. The zero-order chi connectivity index (χ0) is 26.6. The summed E-state index contributed by atoms with van der Waals surface area (Å²) in [6.45, 7) is 1.84. The van der Waals surface area contributed by atoms with Gasteiger partial charge in [-0.15, -0.1) is 0 Å². The minimum absolute atomic E-state index is 0.0471. The van der Waals surface area contributed by atoms with Crippen LogP contribution >= 0.6 is 0 Å². The van der Waals surface area contributed by atoms with Crippen molar-refractivity contribution in [1.82, 2.24) is 25.9 Å². The molecule has 0 aliphatic carbocycles. The normalized spacial score (nSPS) is 12.2. The van der Waals surface area contributed by atoms with Crippen LogP contribution in [0.15, 0.2) is 63.6 Å². The fraction of sp³-hybridized carbons (Fsp3) is 0.208. The number of aliphatic hydroxyl groups is 1. The molecule has 0 saturated heterocycles. The van der Waals surface area contributed by atoms with Gasteiger partial charge < -0.3 is 24.8 Å². The standard InChI is InChI=1S/C24H20F3N5O5/c1-2-28-16(33)12-29-22(35)19(34)13-8-10-15(11-9-13)21-30-23(37-32-21)18-17(24(25,26)27)20(36-31-18)14-6-4-3-5-7-14/h3-11,19,34H,2,12H2,1H3,(H,28,33)(H,29,35). The van der Waals surface area contributed by atoms with Crippen LogP contribution in [0, 0.1) is 0 Å². The lowest BCUT2D eigenvalue weighted by Crippen LogP contribution is -2.38. The molecule has 13 heteroatoms. The molecule has 37 heavy (non-hydrogen) atoms. The fourth-order valence-corrected chi connectivity index (χ4v) is 3.41. The highest BCUT2D eigenvalue weighted by Gasteiger charge is 2.42. The maximum Gasteiger partial charge on any atom is 0.422 e. The molecule has 2 aromatic heterocycles. The van der Waals surface area contributed by atoms with E-state index in [0.29, 0.717) is 12.1 Å². The van der Waals surface area contributed by atoms with Gasteiger partial charge in [0.25, 0.3) is 11.8 Å². The number of amides is 2. The molecule has 0 aliphatic rings. The second kappa shape index (κ2) is 10.6. The van der Waals surface area contributed by atoms with Gasteiger partial charge in [-0.25, -0.2) is 0 Å². The first-order chi connectivity index (χ1) is 17.7. The molecule has 1 unspecified atom stereocenters. The van der Waals surface area contributed by atoms with Crippen LogP contribution in [0.25, 0.3) is 34.3 Å². The largest absolute Gasteiger partial charge is 0.422 e. The monoisotopic (exact) mass is 515 g/mol. The molecule has 0 saturated carbocycles. The van der Waals surface area contributed by atoms with E-state index in [1.54, 1.807) is 25.1 Å². The summed E-state index contributed by atoms with van der Waals surface area (Å²) in [5, 5.41) is 22.3. The van der Waals surface area contributed by atoms with Crippen molar-refractivity contribution in [3.63, 3.8) is 0 Å². The Morgan fingerprint density at radius 3 is 2.32 bits per heavy atom. The van der Waals surface area contributed by atoms with E-state index in [2.05, 4.69) is 25.9 Å². The van der Waals surface area contributed by atoms with Gasteiger partial charge >= 0.3 is 6.18 Å². The third-order valence-corrected chi connectivity index (χ3v) is 5.17. The Kier molecular flexibility index (Phi) is 7.34. The maximum absolute atomic E-state index is 13.9. The van der Waals surface area contributed by atoms with Crippen LogP contribution in [-0.2, 0) is 15.8 Å². The van der Waals surface area contributed by atoms with E-state index >= 15 is 0 Å². The lowest BCUT2D eigenvalue weighted by atomic mass is 10.1. The summed E-state index contributed by atoms with van der Waals surface area (Å²) >= 11 is 0. The first-order valence-corrected chi connectivity index (χ1v) is 11.0. The van der Waals surface area contributed by atoms with Crippen molar-refractivity contribution < 1.29 is 36.9 Å². The molecular formula is C24H20F3N5O5. The number of alkyl halides is 3. The number of aromatic nitrogens is 3. The summed E-state index contributed by atoms with van der Waals surface area (Å²) in [6, 6.07) is 13.4. The van der Waals surface area contributed by atoms with Crippen molar-refractivity contribution in [2.45, 2.75) is 19.2 Å². The number of nitrogens with zero attached hydrogens (tertiary/aromatic N) is 3. The number of nitrogens with one attached hydrogen (secondary N) is 2. The number of hydrogen-bond donors (Lipinski definition) is 3. The highest BCUT2D eigenvalue weighted by atomic mass is 19.4. The van der Waals surface area contributed by atoms with Gasteiger partial charge in [0, 0.05) is 17.7 Å².